The van der Waals surface area contributed by atoms with Crippen LogP contribution in [-0.2, 0) is 22.6 Å². The number of hydrogen-bond acceptors (Lipinski definition) is 5. The molecule has 0 bridgehead atoms. The van der Waals surface area contributed by atoms with Crippen LogP contribution in [0, 0.1) is 11.3 Å². The molecule has 3 heterocycles. The molecule has 6 nitrogen and oxygen atoms in total. The third-order valence-corrected chi connectivity index (χ3v) is 6.13. The van der Waals surface area contributed by atoms with E-state index in [1.54, 1.807) is 7.11 Å². The molecule has 6 heteroatoms. The molecular formula is C19H34N4O2. The SMILES string of the molecule is CCn1cc(CN2CCC3(CC2)CN(CCOC)C[C@@H]3COC)cn1. The molecule has 2 saturated heterocycles. The highest BCUT2D eigenvalue weighted by Crippen LogP contribution is 2.44. The predicted molar refractivity (Wildman–Crippen MR) is 98.5 cm³/mol. The van der Waals surface area contributed by atoms with Gasteiger partial charge in [-0.25, -0.2) is 0 Å². The van der Waals surface area contributed by atoms with Gasteiger partial charge in [0, 0.05) is 64.6 Å². The molecule has 0 amide bonds. The third-order valence-electron chi connectivity index (χ3n) is 6.13. The van der Waals surface area contributed by atoms with Gasteiger partial charge in [0.2, 0.25) is 0 Å². The Morgan fingerprint density at radius 2 is 2.00 bits per heavy atom. The molecule has 25 heavy (non-hydrogen) atoms. The fourth-order valence-corrected chi connectivity index (χ4v) is 4.61. The van der Waals surface area contributed by atoms with E-state index in [4.69, 9.17) is 9.47 Å². The zero-order chi connectivity index (χ0) is 17.7. The standard InChI is InChI=1S/C19H34N4O2/c1-4-23-13-17(11-20-23)12-21-7-5-19(6-8-21)16-22(9-10-24-2)14-18(19)15-25-3/h11,13,18H,4-10,12,14-16H2,1-3H3/t18-/m1/s1. The van der Waals surface area contributed by atoms with E-state index in [1.165, 1.54) is 38.0 Å². The van der Waals surface area contributed by atoms with Crippen molar-refractivity contribution in [2.45, 2.75) is 32.9 Å². The second kappa shape index (κ2) is 8.62. The maximum absolute atomic E-state index is 5.56. The summed E-state index contributed by atoms with van der Waals surface area (Å²) in [6.07, 6.45) is 6.74. The summed E-state index contributed by atoms with van der Waals surface area (Å²) in [6.45, 7) is 11.6. The molecule has 1 atom stereocenters. The molecule has 1 spiro atoms. The van der Waals surface area contributed by atoms with Crippen molar-refractivity contribution in [3.05, 3.63) is 18.0 Å². The van der Waals surface area contributed by atoms with Gasteiger partial charge in [0.25, 0.3) is 0 Å². The molecule has 1 aromatic rings. The Labute approximate surface area is 152 Å². The van der Waals surface area contributed by atoms with E-state index in [0.29, 0.717) is 11.3 Å². The molecule has 0 aliphatic carbocycles. The van der Waals surface area contributed by atoms with Gasteiger partial charge in [0.15, 0.2) is 0 Å². The second-order valence-electron chi connectivity index (χ2n) is 7.72. The topological polar surface area (TPSA) is 42.8 Å². The summed E-state index contributed by atoms with van der Waals surface area (Å²) in [5.41, 5.74) is 1.76. The lowest BCUT2D eigenvalue weighted by molar-refractivity contribution is 0.0348. The second-order valence-corrected chi connectivity index (χ2v) is 7.72. The van der Waals surface area contributed by atoms with E-state index in [1.807, 2.05) is 18.0 Å². The average molecular weight is 351 g/mol. The summed E-state index contributed by atoms with van der Waals surface area (Å²) in [4.78, 5) is 5.16. The van der Waals surface area contributed by atoms with E-state index < -0.39 is 0 Å². The zero-order valence-electron chi connectivity index (χ0n) is 16.1. The van der Waals surface area contributed by atoms with Gasteiger partial charge in [-0.3, -0.25) is 9.58 Å². The summed E-state index contributed by atoms with van der Waals surface area (Å²) in [7, 11) is 3.63. The number of hydrogen-bond donors (Lipinski definition) is 0. The highest BCUT2D eigenvalue weighted by Gasteiger charge is 2.47. The molecule has 2 aliphatic heterocycles. The lowest BCUT2D eigenvalue weighted by Crippen LogP contribution is -2.45. The van der Waals surface area contributed by atoms with Gasteiger partial charge in [0.1, 0.15) is 0 Å². The Bertz CT molecular complexity index is 525. The molecule has 2 fully saturated rings. The van der Waals surface area contributed by atoms with Gasteiger partial charge in [-0.05, 0) is 38.3 Å². The Morgan fingerprint density at radius 3 is 2.64 bits per heavy atom. The number of aryl methyl sites for hydroxylation is 1. The summed E-state index contributed by atoms with van der Waals surface area (Å²) < 4.78 is 12.9. The first-order valence-electron chi connectivity index (χ1n) is 9.63. The van der Waals surface area contributed by atoms with Gasteiger partial charge in [0.05, 0.1) is 19.4 Å². The number of likely N-dealkylation sites (tertiary alicyclic amines) is 2. The molecule has 0 saturated carbocycles. The van der Waals surface area contributed by atoms with Crippen molar-refractivity contribution in [2.75, 3.05) is 60.2 Å². The summed E-state index contributed by atoms with van der Waals surface area (Å²) in [5.74, 6) is 0.652. The van der Waals surface area contributed by atoms with E-state index >= 15 is 0 Å². The van der Waals surface area contributed by atoms with Crippen LogP contribution < -0.4 is 0 Å². The van der Waals surface area contributed by atoms with Crippen molar-refractivity contribution in [3.8, 4) is 0 Å². The molecule has 142 valence electrons. The number of piperidine rings is 1. The minimum absolute atomic E-state index is 0.424. The largest absolute Gasteiger partial charge is 0.384 e. The van der Waals surface area contributed by atoms with Gasteiger partial charge in [-0.15, -0.1) is 0 Å². The number of methoxy groups -OCH3 is 2. The van der Waals surface area contributed by atoms with Crippen LogP contribution in [0.4, 0.5) is 0 Å². The van der Waals surface area contributed by atoms with Gasteiger partial charge in [-0.2, -0.15) is 5.10 Å². The predicted octanol–water partition coefficient (Wildman–Crippen LogP) is 1.71. The summed E-state index contributed by atoms with van der Waals surface area (Å²) in [6, 6.07) is 0. The highest BCUT2D eigenvalue weighted by atomic mass is 16.5. The number of ether oxygens (including phenoxy) is 2. The third kappa shape index (κ3) is 4.42. The van der Waals surface area contributed by atoms with Gasteiger partial charge in [-0.1, -0.05) is 0 Å². The van der Waals surface area contributed by atoms with Crippen molar-refractivity contribution in [3.63, 3.8) is 0 Å². The van der Waals surface area contributed by atoms with E-state index in [-0.39, 0.29) is 0 Å². The van der Waals surface area contributed by atoms with Crippen molar-refractivity contribution < 1.29 is 9.47 Å². The van der Waals surface area contributed by atoms with Gasteiger partial charge >= 0.3 is 0 Å². The van der Waals surface area contributed by atoms with Crippen LogP contribution in [0.5, 0.6) is 0 Å². The zero-order valence-corrected chi connectivity index (χ0v) is 16.1. The fraction of sp³-hybridized carbons (Fsp3) is 0.842. The van der Waals surface area contributed by atoms with Gasteiger partial charge < -0.3 is 14.4 Å². The first kappa shape index (κ1) is 18.8. The molecule has 0 radical (unpaired) electrons. The van der Waals surface area contributed by atoms with Crippen molar-refractivity contribution >= 4 is 0 Å². The van der Waals surface area contributed by atoms with Crippen LogP contribution in [0.1, 0.15) is 25.3 Å². The smallest absolute Gasteiger partial charge is 0.0589 e. The molecule has 0 unspecified atom stereocenters. The van der Waals surface area contributed by atoms with E-state index in [9.17, 15) is 0 Å². The van der Waals surface area contributed by atoms with Crippen LogP contribution in [0.15, 0.2) is 12.4 Å². The Balaban J connectivity index is 1.56. The average Bonchev–Trinajstić information content (AvgIpc) is 3.21. The Kier molecular flexibility index (Phi) is 6.49. The molecule has 3 rings (SSSR count). The van der Waals surface area contributed by atoms with Crippen molar-refractivity contribution in [1.82, 2.24) is 19.6 Å². The first-order valence-corrected chi connectivity index (χ1v) is 9.63. The maximum atomic E-state index is 5.56. The van der Waals surface area contributed by atoms with Crippen LogP contribution >= 0.6 is 0 Å². The summed E-state index contributed by atoms with van der Waals surface area (Å²) in [5, 5.41) is 4.40. The molecule has 0 N–H and O–H groups in total. The number of aromatic nitrogens is 2. The first-order chi connectivity index (χ1) is 12.2. The van der Waals surface area contributed by atoms with Crippen molar-refractivity contribution in [1.29, 1.82) is 0 Å². The minimum Gasteiger partial charge on any atom is -0.384 e. The fourth-order valence-electron chi connectivity index (χ4n) is 4.61. The number of nitrogens with zero attached hydrogens (tertiary/aromatic N) is 4. The van der Waals surface area contributed by atoms with Crippen LogP contribution in [0.25, 0.3) is 0 Å². The van der Waals surface area contributed by atoms with E-state index in [0.717, 1.165) is 39.4 Å². The number of rotatable bonds is 8. The van der Waals surface area contributed by atoms with Crippen LogP contribution in [0.2, 0.25) is 0 Å². The lowest BCUT2D eigenvalue weighted by Gasteiger charge is -2.42. The van der Waals surface area contributed by atoms with Crippen LogP contribution in [0.3, 0.4) is 0 Å². The molecule has 0 aromatic carbocycles. The van der Waals surface area contributed by atoms with E-state index in [2.05, 4.69) is 28.0 Å². The summed E-state index contributed by atoms with van der Waals surface area (Å²) >= 11 is 0. The quantitative estimate of drug-likeness (QED) is 0.714. The normalized spacial score (nSPS) is 24.4. The monoisotopic (exact) mass is 350 g/mol. The minimum atomic E-state index is 0.424. The highest BCUT2D eigenvalue weighted by molar-refractivity contribution is 5.05. The Hall–Kier alpha value is -0.950. The molecule has 2 aliphatic rings. The van der Waals surface area contributed by atoms with Crippen LogP contribution in [-0.4, -0.2) is 79.7 Å². The molecular weight excluding hydrogens is 316 g/mol. The van der Waals surface area contributed by atoms with Crippen molar-refractivity contribution in [2.24, 2.45) is 11.3 Å². The molecule has 1 aromatic heterocycles. The maximum Gasteiger partial charge on any atom is 0.0589 e. The lowest BCUT2D eigenvalue weighted by atomic mass is 9.71. The Morgan fingerprint density at radius 1 is 1.20 bits per heavy atom.